The summed E-state index contributed by atoms with van der Waals surface area (Å²) < 4.78 is 3.77. The Bertz CT molecular complexity index is 348. The fourth-order valence-electron chi connectivity index (χ4n) is 0.747. The van der Waals surface area contributed by atoms with Gasteiger partial charge in [-0.3, -0.25) is 0 Å². The molecule has 0 amide bonds. The van der Waals surface area contributed by atoms with E-state index in [1.165, 1.54) is 11.5 Å². The van der Waals surface area contributed by atoms with E-state index >= 15 is 0 Å². The van der Waals surface area contributed by atoms with Crippen LogP contribution in [0, 0.1) is 0 Å². The van der Waals surface area contributed by atoms with Crippen LogP contribution in [0.1, 0.15) is 4.88 Å². The van der Waals surface area contributed by atoms with Crippen LogP contribution in [0.15, 0.2) is 29.8 Å². The summed E-state index contributed by atoms with van der Waals surface area (Å²) in [5.41, 5.74) is 0. The van der Waals surface area contributed by atoms with E-state index < -0.39 is 0 Å². The molecule has 2 heterocycles. The Hall–Kier alpha value is -1.01. The Morgan fingerprint density at radius 2 is 2.15 bits per heavy atom. The SMILES string of the molecule is c1cnc(SCc2cnns2)nc1. The van der Waals surface area contributed by atoms with Crippen molar-refractivity contribution >= 4 is 23.3 Å². The maximum atomic E-state index is 4.09. The van der Waals surface area contributed by atoms with Gasteiger partial charge in [-0.15, -0.1) is 5.10 Å². The van der Waals surface area contributed by atoms with Crippen molar-refractivity contribution < 1.29 is 0 Å². The standard InChI is InChI=1S/C7H6N4S2/c1-2-8-7(9-3-1)12-5-6-4-10-11-13-6/h1-4H,5H2. The highest BCUT2D eigenvalue weighted by Crippen LogP contribution is 2.18. The van der Waals surface area contributed by atoms with Crippen molar-refractivity contribution in [1.82, 2.24) is 19.6 Å². The zero-order valence-electron chi connectivity index (χ0n) is 6.62. The van der Waals surface area contributed by atoms with Crippen LogP contribution in [0.4, 0.5) is 0 Å². The fourth-order valence-corrected chi connectivity index (χ4v) is 2.04. The van der Waals surface area contributed by atoms with E-state index in [2.05, 4.69) is 19.6 Å². The first kappa shape index (κ1) is 8.58. The third-order valence-electron chi connectivity index (χ3n) is 1.29. The van der Waals surface area contributed by atoms with Crippen molar-refractivity contribution in [3.63, 3.8) is 0 Å². The molecule has 0 unspecified atom stereocenters. The van der Waals surface area contributed by atoms with E-state index in [0.29, 0.717) is 0 Å². The quantitative estimate of drug-likeness (QED) is 0.569. The second-order valence-electron chi connectivity index (χ2n) is 2.20. The molecule has 0 aliphatic carbocycles. The summed E-state index contributed by atoms with van der Waals surface area (Å²) in [5, 5.41) is 4.54. The average Bonchev–Trinajstić information content (AvgIpc) is 2.69. The van der Waals surface area contributed by atoms with E-state index in [9.17, 15) is 0 Å². The Kier molecular flexibility index (Phi) is 2.83. The van der Waals surface area contributed by atoms with Crippen LogP contribution in [0.25, 0.3) is 0 Å². The van der Waals surface area contributed by atoms with Crippen LogP contribution < -0.4 is 0 Å². The Balaban J connectivity index is 1.94. The van der Waals surface area contributed by atoms with E-state index in [0.717, 1.165) is 15.8 Å². The van der Waals surface area contributed by atoms with Crippen LogP contribution in [0.5, 0.6) is 0 Å². The van der Waals surface area contributed by atoms with Gasteiger partial charge in [-0.05, 0) is 17.6 Å². The van der Waals surface area contributed by atoms with Crippen molar-refractivity contribution in [2.45, 2.75) is 10.9 Å². The Morgan fingerprint density at radius 1 is 1.31 bits per heavy atom. The smallest absolute Gasteiger partial charge is 0.187 e. The van der Waals surface area contributed by atoms with Gasteiger partial charge in [0.1, 0.15) is 0 Å². The molecule has 66 valence electrons. The first-order valence-electron chi connectivity index (χ1n) is 3.61. The molecule has 0 atom stereocenters. The summed E-state index contributed by atoms with van der Waals surface area (Å²) in [6.07, 6.45) is 5.24. The van der Waals surface area contributed by atoms with E-state index in [1.54, 1.807) is 36.4 Å². The molecule has 2 rings (SSSR count). The van der Waals surface area contributed by atoms with Gasteiger partial charge in [0.15, 0.2) is 5.16 Å². The Morgan fingerprint density at radius 3 is 2.85 bits per heavy atom. The van der Waals surface area contributed by atoms with Crippen molar-refractivity contribution in [2.24, 2.45) is 0 Å². The van der Waals surface area contributed by atoms with Gasteiger partial charge in [0, 0.05) is 18.1 Å². The van der Waals surface area contributed by atoms with Gasteiger partial charge in [-0.25, -0.2) is 9.97 Å². The van der Waals surface area contributed by atoms with Crippen LogP contribution in [0.3, 0.4) is 0 Å². The maximum Gasteiger partial charge on any atom is 0.187 e. The molecule has 0 aromatic carbocycles. The second-order valence-corrected chi connectivity index (χ2v) is 4.02. The van der Waals surface area contributed by atoms with E-state index in [1.807, 2.05) is 0 Å². The van der Waals surface area contributed by atoms with Crippen LogP contribution in [-0.4, -0.2) is 19.6 Å². The van der Waals surface area contributed by atoms with E-state index in [4.69, 9.17) is 0 Å². The highest BCUT2D eigenvalue weighted by molar-refractivity contribution is 7.98. The predicted molar refractivity (Wildman–Crippen MR) is 51.5 cm³/mol. The molecule has 0 saturated heterocycles. The number of nitrogens with zero attached hydrogens (tertiary/aromatic N) is 4. The summed E-state index contributed by atoms with van der Waals surface area (Å²) in [6, 6.07) is 1.80. The minimum Gasteiger partial charge on any atom is -0.231 e. The molecule has 0 N–H and O–H groups in total. The monoisotopic (exact) mass is 210 g/mol. The topological polar surface area (TPSA) is 51.6 Å². The largest absolute Gasteiger partial charge is 0.231 e. The van der Waals surface area contributed by atoms with E-state index in [-0.39, 0.29) is 0 Å². The molecule has 6 heteroatoms. The van der Waals surface area contributed by atoms with Crippen LogP contribution in [-0.2, 0) is 5.75 Å². The minimum atomic E-state index is 0.788. The number of rotatable bonds is 3. The van der Waals surface area contributed by atoms with Gasteiger partial charge in [0.2, 0.25) is 0 Å². The summed E-state index contributed by atoms with van der Waals surface area (Å²) in [5.74, 6) is 0.835. The average molecular weight is 210 g/mol. The zero-order chi connectivity index (χ0) is 8.93. The van der Waals surface area contributed by atoms with Gasteiger partial charge in [-0.2, -0.15) is 0 Å². The molecule has 13 heavy (non-hydrogen) atoms. The molecular weight excluding hydrogens is 204 g/mol. The van der Waals surface area contributed by atoms with Gasteiger partial charge >= 0.3 is 0 Å². The first-order chi connectivity index (χ1) is 6.45. The molecule has 0 aliphatic rings. The van der Waals surface area contributed by atoms with Gasteiger partial charge in [-0.1, -0.05) is 16.3 Å². The first-order valence-corrected chi connectivity index (χ1v) is 5.37. The minimum absolute atomic E-state index is 0.788. The number of aromatic nitrogens is 4. The molecule has 4 nitrogen and oxygen atoms in total. The molecule has 0 spiro atoms. The summed E-state index contributed by atoms with van der Waals surface area (Å²) >= 11 is 2.99. The maximum absolute atomic E-state index is 4.09. The fraction of sp³-hybridized carbons (Fsp3) is 0.143. The highest BCUT2D eigenvalue weighted by Gasteiger charge is 1.99. The Labute approximate surface area is 83.6 Å². The lowest BCUT2D eigenvalue weighted by atomic mass is 10.6. The van der Waals surface area contributed by atoms with Gasteiger partial charge in [0.25, 0.3) is 0 Å². The third-order valence-corrected chi connectivity index (χ3v) is 3.06. The van der Waals surface area contributed by atoms with Crippen molar-refractivity contribution in [2.75, 3.05) is 0 Å². The molecule has 0 bridgehead atoms. The summed E-state index contributed by atoms with van der Waals surface area (Å²) in [7, 11) is 0. The molecule has 0 aliphatic heterocycles. The predicted octanol–water partition coefficient (Wildman–Crippen LogP) is 1.62. The van der Waals surface area contributed by atoms with Crippen molar-refractivity contribution in [1.29, 1.82) is 0 Å². The number of hydrogen-bond acceptors (Lipinski definition) is 6. The summed E-state index contributed by atoms with van der Waals surface area (Å²) in [6.45, 7) is 0. The lowest BCUT2D eigenvalue weighted by Gasteiger charge is -1.94. The van der Waals surface area contributed by atoms with Gasteiger partial charge in [0.05, 0.1) is 11.1 Å². The zero-order valence-corrected chi connectivity index (χ0v) is 8.25. The molecule has 0 fully saturated rings. The lowest BCUT2D eigenvalue weighted by Crippen LogP contribution is -1.83. The van der Waals surface area contributed by atoms with Crippen molar-refractivity contribution in [3.8, 4) is 0 Å². The number of thioether (sulfide) groups is 1. The normalized spacial score (nSPS) is 10.2. The molecule has 2 aromatic rings. The highest BCUT2D eigenvalue weighted by atomic mass is 32.2. The number of hydrogen-bond donors (Lipinski definition) is 0. The van der Waals surface area contributed by atoms with Crippen LogP contribution >= 0.6 is 23.3 Å². The van der Waals surface area contributed by atoms with Crippen LogP contribution in [0.2, 0.25) is 0 Å². The lowest BCUT2D eigenvalue weighted by molar-refractivity contribution is 0.967. The second kappa shape index (κ2) is 4.29. The molecular formula is C7H6N4S2. The molecule has 2 aromatic heterocycles. The van der Waals surface area contributed by atoms with Gasteiger partial charge < -0.3 is 0 Å². The molecule has 0 saturated carbocycles. The third kappa shape index (κ3) is 2.46. The molecule has 0 radical (unpaired) electrons. The van der Waals surface area contributed by atoms with Crippen molar-refractivity contribution in [3.05, 3.63) is 29.5 Å². The summed E-state index contributed by atoms with van der Waals surface area (Å²) in [4.78, 5) is 9.32.